The third kappa shape index (κ3) is 4.22. The number of hydrogen-bond acceptors (Lipinski definition) is 3. The number of rotatable bonds is 7. The molecule has 0 saturated heterocycles. The fourth-order valence-corrected chi connectivity index (χ4v) is 2.60. The van der Waals surface area contributed by atoms with Crippen LogP contribution in [0.3, 0.4) is 0 Å². The monoisotopic (exact) mass is 307 g/mol. The van der Waals surface area contributed by atoms with Crippen LogP contribution in [0.4, 0.5) is 0 Å². The molecular formula is C16H22ClN3O. The van der Waals surface area contributed by atoms with Gasteiger partial charge in [0.25, 0.3) is 0 Å². The average molecular weight is 308 g/mol. The molecule has 0 aliphatic rings. The molecule has 0 aliphatic carbocycles. The highest BCUT2D eigenvalue weighted by Gasteiger charge is 2.17. The van der Waals surface area contributed by atoms with E-state index in [9.17, 15) is 0 Å². The Balaban J connectivity index is 2.02. The Morgan fingerprint density at radius 1 is 1.33 bits per heavy atom. The minimum atomic E-state index is 0.204. The second kappa shape index (κ2) is 7.48. The van der Waals surface area contributed by atoms with Crippen LogP contribution in [-0.2, 0) is 13.5 Å². The Morgan fingerprint density at radius 2 is 2.05 bits per heavy atom. The van der Waals surface area contributed by atoms with E-state index in [1.165, 1.54) is 0 Å². The van der Waals surface area contributed by atoms with E-state index in [0.29, 0.717) is 11.8 Å². The number of nitrogens with one attached hydrogen (secondary N) is 1. The van der Waals surface area contributed by atoms with E-state index in [2.05, 4.69) is 17.3 Å². The summed E-state index contributed by atoms with van der Waals surface area (Å²) in [7, 11) is 1.86. The van der Waals surface area contributed by atoms with Crippen LogP contribution in [0, 0.1) is 6.92 Å². The maximum atomic E-state index is 6.31. The molecule has 0 fully saturated rings. The van der Waals surface area contributed by atoms with Gasteiger partial charge in [-0.05, 0) is 32.0 Å². The molecule has 0 radical (unpaired) electrons. The summed E-state index contributed by atoms with van der Waals surface area (Å²) in [6, 6.07) is 10.1. The van der Waals surface area contributed by atoms with E-state index < -0.39 is 0 Å². The van der Waals surface area contributed by atoms with Crippen molar-refractivity contribution < 1.29 is 4.74 Å². The number of nitrogens with zero attached hydrogens (tertiary/aromatic N) is 2. The predicted octanol–water partition coefficient (Wildman–Crippen LogP) is 2.98. The van der Waals surface area contributed by atoms with Crippen molar-refractivity contribution in [3.8, 4) is 5.75 Å². The summed E-state index contributed by atoms with van der Waals surface area (Å²) in [5.74, 6) is 0.884. The van der Waals surface area contributed by atoms with Crippen molar-refractivity contribution in [3.05, 3.63) is 46.7 Å². The standard InChI is InChI=1S/C16H22ClN3O/c1-4-18-13(11-21-14-8-6-5-7-9-14)10-15-12(2)19-20(3)16(15)17/h5-9,13,18H,4,10-11H2,1-3H3. The van der Waals surface area contributed by atoms with Gasteiger partial charge in [0.1, 0.15) is 17.5 Å². The maximum absolute atomic E-state index is 6.31. The molecule has 114 valence electrons. The molecule has 1 aromatic carbocycles. The molecule has 1 aromatic heterocycles. The molecule has 21 heavy (non-hydrogen) atoms. The summed E-state index contributed by atoms with van der Waals surface area (Å²) >= 11 is 6.31. The average Bonchev–Trinajstić information content (AvgIpc) is 2.72. The van der Waals surface area contributed by atoms with Crippen molar-refractivity contribution in [2.45, 2.75) is 26.3 Å². The van der Waals surface area contributed by atoms with Crippen molar-refractivity contribution in [2.75, 3.05) is 13.2 Å². The normalized spacial score (nSPS) is 12.4. The molecule has 1 N–H and O–H groups in total. The SMILES string of the molecule is CCNC(COc1ccccc1)Cc1c(C)nn(C)c1Cl. The summed E-state index contributed by atoms with van der Waals surface area (Å²) in [5.41, 5.74) is 2.06. The summed E-state index contributed by atoms with van der Waals surface area (Å²) in [6.45, 7) is 5.57. The number of aryl methyl sites for hydroxylation is 2. The number of benzene rings is 1. The molecule has 0 bridgehead atoms. The molecule has 0 saturated carbocycles. The van der Waals surface area contributed by atoms with E-state index in [1.807, 2.05) is 44.3 Å². The van der Waals surface area contributed by atoms with Crippen LogP contribution >= 0.6 is 11.6 Å². The Labute approximate surface area is 131 Å². The number of likely N-dealkylation sites (N-methyl/N-ethyl adjacent to an activating group) is 1. The Bertz CT molecular complexity index is 568. The molecule has 1 unspecified atom stereocenters. The first-order chi connectivity index (χ1) is 10.1. The topological polar surface area (TPSA) is 39.1 Å². The van der Waals surface area contributed by atoms with Gasteiger partial charge in [-0.25, -0.2) is 0 Å². The molecule has 2 aromatic rings. The predicted molar refractivity (Wildman–Crippen MR) is 86.1 cm³/mol. The maximum Gasteiger partial charge on any atom is 0.130 e. The zero-order valence-corrected chi connectivity index (χ0v) is 13.5. The minimum absolute atomic E-state index is 0.204. The number of aromatic nitrogens is 2. The zero-order valence-electron chi connectivity index (χ0n) is 12.8. The second-order valence-electron chi connectivity index (χ2n) is 5.06. The van der Waals surface area contributed by atoms with E-state index >= 15 is 0 Å². The fourth-order valence-electron chi connectivity index (χ4n) is 2.34. The highest BCUT2D eigenvalue weighted by molar-refractivity contribution is 6.30. The highest BCUT2D eigenvalue weighted by Crippen LogP contribution is 2.20. The molecule has 1 heterocycles. The van der Waals surface area contributed by atoms with E-state index in [1.54, 1.807) is 4.68 Å². The van der Waals surface area contributed by atoms with E-state index in [-0.39, 0.29) is 6.04 Å². The smallest absolute Gasteiger partial charge is 0.130 e. The third-order valence-corrected chi connectivity index (χ3v) is 3.88. The largest absolute Gasteiger partial charge is 0.492 e. The van der Waals surface area contributed by atoms with Crippen molar-refractivity contribution >= 4 is 11.6 Å². The lowest BCUT2D eigenvalue weighted by Gasteiger charge is -2.18. The number of hydrogen-bond donors (Lipinski definition) is 1. The quantitative estimate of drug-likeness (QED) is 0.855. The van der Waals surface area contributed by atoms with Crippen molar-refractivity contribution in [1.82, 2.24) is 15.1 Å². The van der Waals surface area contributed by atoms with Gasteiger partial charge in [0.05, 0.1) is 5.69 Å². The number of para-hydroxylation sites is 1. The highest BCUT2D eigenvalue weighted by atomic mass is 35.5. The first kappa shape index (κ1) is 15.9. The molecular weight excluding hydrogens is 286 g/mol. The zero-order chi connectivity index (χ0) is 15.2. The number of halogens is 1. The van der Waals surface area contributed by atoms with Crippen LogP contribution in [0.2, 0.25) is 5.15 Å². The van der Waals surface area contributed by atoms with Crippen molar-refractivity contribution in [2.24, 2.45) is 7.05 Å². The van der Waals surface area contributed by atoms with Crippen molar-refractivity contribution in [1.29, 1.82) is 0 Å². The lowest BCUT2D eigenvalue weighted by atomic mass is 10.1. The molecule has 0 amide bonds. The Hall–Kier alpha value is -1.52. The van der Waals surface area contributed by atoms with Gasteiger partial charge in [-0.15, -0.1) is 0 Å². The molecule has 5 heteroatoms. The van der Waals surface area contributed by atoms with Gasteiger partial charge in [0.2, 0.25) is 0 Å². The minimum Gasteiger partial charge on any atom is -0.492 e. The van der Waals surface area contributed by atoms with Gasteiger partial charge >= 0.3 is 0 Å². The third-order valence-electron chi connectivity index (χ3n) is 3.41. The van der Waals surface area contributed by atoms with Crippen LogP contribution in [0.15, 0.2) is 30.3 Å². The van der Waals surface area contributed by atoms with Crippen molar-refractivity contribution in [3.63, 3.8) is 0 Å². The van der Waals surface area contributed by atoms with Gasteiger partial charge in [0, 0.05) is 18.7 Å². The van der Waals surface area contributed by atoms with Crippen LogP contribution in [0.25, 0.3) is 0 Å². The van der Waals surface area contributed by atoms with Gasteiger partial charge in [-0.1, -0.05) is 36.7 Å². The molecule has 1 atom stereocenters. The lowest BCUT2D eigenvalue weighted by Crippen LogP contribution is -2.36. The molecule has 2 rings (SSSR count). The van der Waals surface area contributed by atoms with Crippen LogP contribution in [-0.4, -0.2) is 29.0 Å². The molecule has 4 nitrogen and oxygen atoms in total. The van der Waals surface area contributed by atoms with Crippen LogP contribution in [0.5, 0.6) is 5.75 Å². The van der Waals surface area contributed by atoms with E-state index in [4.69, 9.17) is 16.3 Å². The van der Waals surface area contributed by atoms with E-state index in [0.717, 1.165) is 30.0 Å². The summed E-state index contributed by atoms with van der Waals surface area (Å²) < 4.78 is 7.56. The second-order valence-corrected chi connectivity index (χ2v) is 5.42. The van der Waals surface area contributed by atoms with Gasteiger partial charge in [-0.2, -0.15) is 5.10 Å². The summed E-state index contributed by atoms with van der Waals surface area (Å²) in [4.78, 5) is 0. The van der Waals surface area contributed by atoms with Gasteiger partial charge < -0.3 is 10.1 Å². The molecule has 0 aliphatic heterocycles. The van der Waals surface area contributed by atoms with Gasteiger partial charge in [-0.3, -0.25) is 4.68 Å². The fraction of sp³-hybridized carbons (Fsp3) is 0.438. The lowest BCUT2D eigenvalue weighted by molar-refractivity contribution is 0.264. The van der Waals surface area contributed by atoms with Gasteiger partial charge in [0.15, 0.2) is 0 Å². The number of ether oxygens (including phenoxy) is 1. The molecule has 0 spiro atoms. The van der Waals surface area contributed by atoms with Crippen LogP contribution < -0.4 is 10.1 Å². The first-order valence-electron chi connectivity index (χ1n) is 7.21. The summed E-state index contributed by atoms with van der Waals surface area (Å²) in [5, 5.41) is 8.51. The van der Waals surface area contributed by atoms with Crippen LogP contribution in [0.1, 0.15) is 18.2 Å². The summed E-state index contributed by atoms with van der Waals surface area (Å²) in [6.07, 6.45) is 0.805. The first-order valence-corrected chi connectivity index (χ1v) is 7.58. The Kier molecular flexibility index (Phi) is 5.65. The Morgan fingerprint density at radius 3 is 2.62 bits per heavy atom.